The molecule has 3 atom stereocenters. The quantitative estimate of drug-likeness (QED) is 0.419. The van der Waals surface area contributed by atoms with E-state index in [2.05, 4.69) is 4.90 Å². The summed E-state index contributed by atoms with van der Waals surface area (Å²) in [6.45, 7) is 6.47. The van der Waals surface area contributed by atoms with Crippen molar-refractivity contribution in [3.8, 4) is 0 Å². The van der Waals surface area contributed by atoms with Crippen LogP contribution in [0.4, 0.5) is 4.79 Å². The molecule has 3 unspecified atom stereocenters. The van der Waals surface area contributed by atoms with Gasteiger partial charge in [0.25, 0.3) is 5.97 Å². The normalized spacial score (nSPS) is 28.2. The first kappa shape index (κ1) is 22.9. The Hall–Kier alpha value is 0.856. The second-order valence-corrected chi connectivity index (χ2v) is 6.61. The number of carboxylic acid groups (broad SMARTS) is 1. The molecule has 2 fully saturated rings. The third-order valence-electron chi connectivity index (χ3n) is 3.95. The smallest absolute Gasteiger partial charge is 0.410 e. The Bertz CT molecular complexity index is 416. The molecule has 0 aliphatic carbocycles. The summed E-state index contributed by atoms with van der Waals surface area (Å²) < 4.78 is 5.38. The fourth-order valence-electron chi connectivity index (χ4n) is 2.89. The van der Waals surface area contributed by atoms with E-state index in [1.807, 2.05) is 34.2 Å². The maximum absolute atomic E-state index is 12.2. The largest absolute Gasteiger partial charge is 0.483 e. The van der Waals surface area contributed by atoms with Crippen LogP contribution in [0.1, 0.15) is 27.2 Å². The van der Waals surface area contributed by atoms with Gasteiger partial charge in [0, 0.05) is 91.2 Å². The van der Waals surface area contributed by atoms with Gasteiger partial charge in [-0.3, -0.25) is 4.79 Å². The number of hydrogen-bond donors (Lipinski definition) is 1. The van der Waals surface area contributed by atoms with Gasteiger partial charge in [-0.1, -0.05) is 5.92 Å². The zero-order valence-electron chi connectivity index (χ0n) is 13.6. The van der Waals surface area contributed by atoms with Gasteiger partial charge in [0.2, 0.25) is 0 Å². The SMILES string of the molecule is CN1C2C[CH-]C(C(=O)O)C1CN(C(=O)OC(C)(C)C)C2.[Ra].[W]. The molecule has 0 aromatic carbocycles. The second-order valence-electron chi connectivity index (χ2n) is 6.61. The number of piperidine rings is 1. The molecule has 2 rings (SSSR count). The van der Waals surface area contributed by atoms with Gasteiger partial charge in [-0.25, -0.2) is 4.79 Å². The van der Waals surface area contributed by atoms with Gasteiger partial charge in [0.15, 0.2) is 0 Å². The maximum Gasteiger partial charge on any atom is 0.410 e. The predicted octanol–water partition coefficient (Wildman–Crippen LogP) is 1.21. The Morgan fingerprint density at radius 2 is 1.86 bits per heavy atom. The second kappa shape index (κ2) is 8.81. The minimum atomic E-state index is -0.827. The van der Waals surface area contributed by atoms with E-state index in [1.54, 1.807) is 4.90 Å². The van der Waals surface area contributed by atoms with Crippen LogP contribution < -0.4 is 0 Å². The Labute approximate surface area is 183 Å². The van der Waals surface area contributed by atoms with Gasteiger partial charge in [0.05, 0.1) is 0 Å². The van der Waals surface area contributed by atoms with E-state index in [9.17, 15) is 14.7 Å². The van der Waals surface area contributed by atoms with Crippen LogP contribution in [-0.2, 0) is 30.6 Å². The molecule has 1 amide bonds. The van der Waals surface area contributed by atoms with Gasteiger partial charge in [-0.15, -0.1) is 0 Å². The van der Waals surface area contributed by atoms with E-state index >= 15 is 0 Å². The summed E-state index contributed by atoms with van der Waals surface area (Å²) in [7, 11) is 1.94. The van der Waals surface area contributed by atoms with Crippen LogP contribution in [-0.4, -0.2) is 64.8 Å². The van der Waals surface area contributed by atoms with E-state index in [0.29, 0.717) is 19.5 Å². The van der Waals surface area contributed by atoms with Crippen LogP contribution in [0.5, 0.6) is 0 Å². The summed E-state index contributed by atoms with van der Waals surface area (Å²) in [5.74, 6) is -1.35. The summed E-state index contributed by atoms with van der Waals surface area (Å²) in [6, 6.07) is 0.00406. The molecule has 0 saturated carbocycles. The molecule has 2 aliphatic rings. The molecule has 8 heteroatoms. The minimum Gasteiger partial charge on any atom is -0.483 e. The van der Waals surface area contributed by atoms with Crippen molar-refractivity contribution < 1.29 is 85.5 Å². The summed E-state index contributed by atoms with van der Waals surface area (Å²) in [6.07, 6.45) is 2.19. The number of amides is 1. The Kier molecular flexibility index (Phi) is 9.15. The van der Waals surface area contributed by atoms with Crippen LogP contribution in [0.3, 0.4) is 0 Å². The number of ether oxygens (including phenoxy) is 1. The standard InChI is InChI=1S/C14H23N2O4.Ra.W/c1-14(2,3)20-13(19)16-7-9-5-6-10(12(17)18)11(8-16)15(9)4;;/h6,9-11H,5,7-8H2,1-4H3,(H,17,18);;/q-1;;. The van der Waals surface area contributed by atoms with Crippen molar-refractivity contribution in [1.82, 2.24) is 9.80 Å². The van der Waals surface area contributed by atoms with Crippen LogP contribution in [0.25, 0.3) is 0 Å². The molecule has 0 aromatic rings. The fraction of sp³-hybridized carbons (Fsp3) is 0.786. The average molecular weight is 693 g/mol. The molecule has 2 heterocycles. The summed E-state index contributed by atoms with van der Waals surface area (Å²) in [4.78, 5) is 27.2. The van der Waals surface area contributed by atoms with Gasteiger partial charge in [-0.05, 0) is 27.8 Å². The number of carboxylic acids is 1. The Morgan fingerprint density at radius 1 is 1.27 bits per heavy atom. The number of aliphatic carboxylic acids is 1. The monoisotopic (exact) mass is 693 g/mol. The van der Waals surface area contributed by atoms with Crippen molar-refractivity contribution in [1.29, 1.82) is 0 Å². The van der Waals surface area contributed by atoms with Gasteiger partial charge >= 0.3 is 6.09 Å². The van der Waals surface area contributed by atoms with Crippen LogP contribution >= 0.6 is 0 Å². The first-order valence-electron chi connectivity index (χ1n) is 6.95. The molecule has 22 heavy (non-hydrogen) atoms. The van der Waals surface area contributed by atoms with Crippen molar-refractivity contribution in [3.05, 3.63) is 6.42 Å². The number of carbonyl (C=O) groups excluding carboxylic acids is 1. The summed E-state index contributed by atoms with van der Waals surface area (Å²) in [5, 5.41) is 9.29. The zero-order valence-corrected chi connectivity index (χ0v) is 22.4. The number of rotatable bonds is 1. The van der Waals surface area contributed by atoms with Crippen molar-refractivity contribution in [2.45, 2.75) is 44.9 Å². The summed E-state index contributed by atoms with van der Waals surface area (Å²) in [5.41, 5.74) is -0.534. The minimum absolute atomic E-state index is 0. The van der Waals surface area contributed by atoms with Crippen molar-refractivity contribution >= 4 is 12.1 Å². The fourth-order valence-corrected chi connectivity index (χ4v) is 2.89. The molecular weight excluding hydrogens is 670 g/mol. The number of likely N-dealkylation sites (tertiary alicyclic amines) is 1. The van der Waals surface area contributed by atoms with E-state index in [0.717, 1.165) is 0 Å². The van der Waals surface area contributed by atoms with E-state index in [4.69, 9.17) is 4.74 Å². The molecule has 6 nitrogen and oxygen atoms in total. The molecule has 122 valence electrons. The first-order chi connectivity index (χ1) is 9.19. The van der Waals surface area contributed by atoms with Crippen LogP contribution in [0, 0.1) is 57.3 Å². The van der Waals surface area contributed by atoms with E-state index in [1.165, 1.54) is 0 Å². The third-order valence-corrected chi connectivity index (χ3v) is 3.95. The summed E-state index contributed by atoms with van der Waals surface area (Å²) >= 11 is 0. The maximum atomic E-state index is 12.2. The predicted molar refractivity (Wildman–Crippen MR) is 73.2 cm³/mol. The van der Waals surface area contributed by atoms with Crippen molar-refractivity contribution in [2.75, 3.05) is 20.1 Å². The third kappa shape index (κ3) is 5.45. The van der Waals surface area contributed by atoms with Crippen LogP contribution in [0.2, 0.25) is 0 Å². The molecule has 2 aliphatic heterocycles. The number of carbonyl (C=O) groups is 2. The number of fused-ring (bicyclic) bond motifs is 2. The van der Waals surface area contributed by atoms with Crippen molar-refractivity contribution in [2.24, 2.45) is 5.92 Å². The Morgan fingerprint density at radius 3 is 2.36 bits per heavy atom. The van der Waals surface area contributed by atoms with Crippen LogP contribution in [0.15, 0.2) is 0 Å². The molecule has 2 saturated heterocycles. The number of hydrogen-bond acceptors (Lipinski definition) is 4. The molecule has 0 aromatic heterocycles. The molecule has 1 N–H and O–H groups in total. The molecule has 0 spiro atoms. The topological polar surface area (TPSA) is 70.1 Å². The van der Waals surface area contributed by atoms with E-state index < -0.39 is 17.5 Å². The number of likely N-dealkylation sites (N-methyl/N-ethyl adjacent to an activating group) is 1. The first-order valence-corrected chi connectivity index (χ1v) is 6.95. The van der Waals surface area contributed by atoms with E-state index in [-0.39, 0.29) is 84.2 Å². The average Bonchev–Trinajstić information content (AvgIpc) is 2.25. The van der Waals surface area contributed by atoms with Gasteiger partial charge < -0.3 is 26.1 Å². The molecule has 2 radical (unpaired) electrons. The van der Waals surface area contributed by atoms with Gasteiger partial charge in [-0.2, -0.15) is 6.42 Å². The number of piperazine rings is 1. The molecular formula is C14H23N2O4RaW-. The molecule has 2 bridgehead atoms. The number of nitrogens with zero attached hydrogens (tertiary/aromatic N) is 2. The Balaban J connectivity index is 0.00000220. The zero-order chi connectivity index (χ0) is 15.1. The van der Waals surface area contributed by atoms with Gasteiger partial charge in [0.1, 0.15) is 5.60 Å². The van der Waals surface area contributed by atoms with Crippen molar-refractivity contribution in [3.63, 3.8) is 0 Å².